The number of carbonyl (C=O) groups excluding carboxylic acids is 1. The van der Waals surface area contributed by atoms with Crippen LogP contribution in [0.4, 0.5) is 5.69 Å². The van der Waals surface area contributed by atoms with Gasteiger partial charge in [-0.1, -0.05) is 6.07 Å². The number of amides is 1. The van der Waals surface area contributed by atoms with E-state index in [9.17, 15) is 9.59 Å². The Morgan fingerprint density at radius 3 is 2.79 bits per heavy atom. The van der Waals surface area contributed by atoms with Gasteiger partial charge >= 0.3 is 5.97 Å². The third-order valence-electron chi connectivity index (χ3n) is 2.97. The lowest BCUT2D eigenvalue weighted by Crippen LogP contribution is -2.04. The maximum absolute atomic E-state index is 11.9. The van der Waals surface area contributed by atoms with Crippen molar-refractivity contribution in [1.29, 1.82) is 0 Å². The average molecular weight is 254 g/mol. The summed E-state index contributed by atoms with van der Waals surface area (Å²) < 4.78 is 0. The minimum atomic E-state index is -1.01. The lowest BCUT2D eigenvalue weighted by molar-refractivity contribution is -0.110. The summed E-state index contributed by atoms with van der Waals surface area (Å²) in [7, 11) is 0. The second kappa shape index (κ2) is 4.13. The molecule has 3 rings (SSSR count). The highest BCUT2D eigenvalue weighted by atomic mass is 16.4. The molecule has 0 saturated carbocycles. The molecule has 5 heteroatoms. The molecule has 1 aromatic heterocycles. The Morgan fingerprint density at radius 2 is 2.11 bits per heavy atom. The summed E-state index contributed by atoms with van der Waals surface area (Å²) in [5.41, 5.74) is 2.74. The first-order chi connectivity index (χ1) is 9.15. The Labute approximate surface area is 108 Å². The van der Waals surface area contributed by atoms with Crippen LogP contribution in [-0.2, 0) is 4.79 Å². The molecule has 0 spiro atoms. The Morgan fingerprint density at radius 1 is 1.26 bits per heavy atom. The molecular weight excluding hydrogens is 244 g/mol. The van der Waals surface area contributed by atoms with Crippen LogP contribution in [0.1, 0.15) is 21.6 Å². The monoisotopic (exact) mass is 254 g/mol. The van der Waals surface area contributed by atoms with Gasteiger partial charge in [0.1, 0.15) is 0 Å². The second-order valence-electron chi connectivity index (χ2n) is 4.20. The van der Waals surface area contributed by atoms with Crippen LogP contribution in [0.25, 0.3) is 11.6 Å². The van der Waals surface area contributed by atoms with E-state index in [0.29, 0.717) is 16.8 Å². The van der Waals surface area contributed by atoms with Crippen molar-refractivity contribution in [3.63, 3.8) is 0 Å². The van der Waals surface area contributed by atoms with E-state index in [2.05, 4.69) is 10.3 Å². The molecule has 19 heavy (non-hydrogen) atoms. The lowest BCUT2D eigenvalue weighted by atomic mass is 10.0. The molecule has 1 aliphatic rings. The quantitative estimate of drug-likeness (QED) is 0.718. The smallest absolute Gasteiger partial charge is 0.335 e. The van der Waals surface area contributed by atoms with Crippen LogP contribution in [-0.4, -0.2) is 22.0 Å². The molecule has 0 unspecified atom stereocenters. The minimum absolute atomic E-state index is 0.153. The van der Waals surface area contributed by atoms with Crippen LogP contribution in [0, 0.1) is 0 Å². The molecule has 1 amide bonds. The van der Waals surface area contributed by atoms with Gasteiger partial charge in [-0.3, -0.25) is 4.79 Å². The van der Waals surface area contributed by atoms with Gasteiger partial charge in [-0.25, -0.2) is 4.79 Å². The average Bonchev–Trinajstić information content (AvgIpc) is 2.98. The van der Waals surface area contributed by atoms with Crippen molar-refractivity contribution in [2.75, 3.05) is 5.32 Å². The van der Waals surface area contributed by atoms with Crippen LogP contribution in [0.15, 0.2) is 36.5 Å². The predicted octanol–water partition coefficient (Wildman–Crippen LogP) is 2.21. The zero-order chi connectivity index (χ0) is 13.4. The predicted molar refractivity (Wildman–Crippen MR) is 70.7 cm³/mol. The molecule has 0 radical (unpaired) electrons. The van der Waals surface area contributed by atoms with Crippen LogP contribution in [0.3, 0.4) is 0 Å². The molecule has 0 saturated heterocycles. The molecule has 0 fully saturated rings. The zero-order valence-electron chi connectivity index (χ0n) is 9.81. The van der Waals surface area contributed by atoms with Crippen LogP contribution < -0.4 is 5.32 Å². The number of carbonyl (C=O) groups is 2. The molecule has 2 heterocycles. The van der Waals surface area contributed by atoms with E-state index >= 15 is 0 Å². The van der Waals surface area contributed by atoms with Crippen molar-refractivity contribution in [2.45, 2.75) is 0 Å². The standard InChI is InChI=1S/C14H10N2O3/c17-13-11(7-9-2-1-5-15-9)10-4-3-8(14(18)19)6-12(10)16-13/h1-7,15H,(H,16,17)(H,18,19)/b11-7-. The fourth-order valence-electron chi connectivity index (χ4n) is 2.06. The summed E-state index contributed by atoms with van der Waals surface area (Å²) in [6.07, 6.45) is 3.51. The molecule has 3 N–H and O–H groups in total. The van der Waals surface area contributed by atoms with Crippen molar-refractivity contribution in [2.24, 2.45) is 0 Å². The number of carboxylic acid groups (broad SMARTS) is 1. The third-order valence-corrected chi connectivity index (χ3v) is 2.97. The number of H-pyrrole nitrogens is 1. The number of rotatable bonds is 2. The molecule has 0 atom stereocenters. The van der Waals surface area contributed by atoms with E-state index < -0.39 is 5.97 Å². The van der Waals surface area contributed by atoms with Crippen molar-refractivity contribution in [3.8, 4) is 0 Å². The highest BCUT2D eigenvalue weighted by Crippen LogP contribution is 2.33. The number of fused-ring (bicyclic) bond motifs is 1. The second-order valence-corrected chi connectivity index (χ2v) is 4.20. The third kappa shape index (κ3) is 1.91. The lowest BCUT2D eigenvalue weighted by Gasteiger charge is -2.00. The largest absolute Gasteiger partial charge is 0.478 e. The van der Waals surface area contributed by atoms with Gasteiger partial charge in [0.15, 0.2) is 0 Å². The Kier molecular flexibility index (Phi) is 2.45. The number of anilines is 1. The Balaban J connectivity index is 2.08. The van der Waals surface area contributed by atoms with Crippen molar-refractivity contribution < 1.29 is 14.7 Å². The number of aromatic nitrogens is 1. The topological polar surface area (TPSA) is 82.2 Å². The molecular formula is C14H10N2O3. The first-order valence-corrected chi connectivity index (χ1v) is 5.69. The number of benzene rings is 1. The van der Waals surface area contributed by atoms with Gasteiger partial charge in [0.2, 0.25) is 0 Å². The summed E-state index contributed by atoms with van der Waals surface area (Å²) in [5, 5.41) is 11.6. The molecule has 0 aliphatic carbocycles. The van der Waals surface area contributed by atoms with E-state index in [4.69, 9.17) is 5.11 Å². The maximum Gasteiger partial charge on any atom is 0.335 e. The highest BCUT2D eigenvalue weighted by molar-refractivity contribution is 6.35. The number of carboxylic acids is 1. The van der Waals surface area contributed by atoms with Crippen molar-refractivity contribution in [3.05, 3.63) is 53.3 Å². The number of nitrogens with one attached hydrogen (secondary N) is 2. The van der Waals surface area contributed by atoms with E-state index in [1.54, 1.807) is 18.3 Å². The van der Waals surface area contributed by atoms with Crippen LogP contribution in [0.2, 0.25) is 0 Å². The summed E-state index contributed by atoms with van der Waals surface area (Å²) in [4.78, 5) is 25.8. The summed E-state index contributed by atoms with van der Waals surface area (Å²) in [6, 6.07) is 8.29. The van der Waals surface area contributed by atoms with E-state index in [0.717, 1.165) is 5.69 Å². The molecule has 5 nitrogen and oxygen atoms in total. The van der Waals surface area contributed by atoms with Gasteiger partial charge in [0.05, 0.1) is 11.1 Å². The zero-order valence-corrected chi connectivity index (χ0v) is 9.81. The maximum atomic E-state index is 11.9. The van der Waals surface area contributed by atoms with Crippen molar-refractivity contribution >= 4 is 29.2 Å². The first kappa shape index (κ1) is 11.3. The number of hydrogen-bond donors (Lipinski definition) is 3. The van der Waals surface area contributed by atoms with Crippen LogP contribution in [0.5, 0.6) is 0 Å². The van der Waals surface area contributed by atoms with Crippen LogP contribution >= 0.6 is 0 Å². The molecule has 1 aromatic carbocycles. The summed E-state index contributed by atoms with van der Waals surface area (Å²) in [6.45, 7) is 0. The minimum Gasteiger partial charge on any atom is -0.478 e. The number of aromatic amines is 1. The van der Waals surface area contributed by atoms with Gasteiger partial charge in [-0.15, -0.1) is 0 Å². The van der Waals surface area contributed by atoms with E-state index in [1.807, 2.05) is 12.1 Å². The van der Waals surface area contributed by atoms with Gasteiger partial charge in [-0.05, 0) is 30.3 Å². The van der Waals surface area contributed by atoms with Gasteiger partial charge in [0.25, 0.3) is 5.91 Å². The molecule has 94 valence electrons. The molecule has 1 aliphatic heterocycles. The van der Waals surface area contributed by atoms with E-state index in [-0.39, 0.29) is 11.5 Å². The number of hydrogen-bond acceptors (Lipinski definition) is 2. The van der Waals surface area contributed by atoms with Gasteiger partial charge in [-0.2, -0.15) is 0 Å². The van der Waals surface area contributed by atoms with Gasteiger partial charge in [0, 0.05) is 23.1 Å². The number of aromatic carboxylic acids is 1. The highest BCUT2D eigenvalue weighted by Gasteiger charge is 2.25. The Bertz CT molecular complexity index is 699. The normalized spacial score (nSPS) is 15.4. The fraction of sp³-hybridized carbons (Fsp3) is 0. The molecule has 0 bridgehead atoms. The van der Waals surface area contributed by atoms with Gasteiger partial charge < -0.3 is 15.4 Å². The van der Waals surface area contributed by atoms with E-state index in [1.165, 1.54) is 12.1 Å². The summed E-state index contributed by atoms with van der Waals surface area (Å²) in [5.74, 6) is -1.24. The first-order valence-electron chi connectivity index (χ1n) is 5.69. The molecule has 2 aromatic rings. The Hall–Kier alpha value is -2.82. The van der Waals surface area contributed by atoms with Crippen molar-refractivity contribution in [1.82, 2.24) is 4.98 Å². The fourth-order valence-corrected chi connectivity index (χ4v) is 2.06. The summed E-state index contributed by atoms with van der Waals surface area (Å²) >= 11 is 0. The SMILES string of the molecule is O=C1Nc2cc(C(=O)O)ccc2/C1=C/c1ccc[nH]1.